The van der Waals surface area contributed by atoms with Gasteiger partial charge < -0.3 is 5.32 Å². The van der Waals surface area contributed by atoms with Gasteiger partial charge >= 0.3 is 0 Å². The fraction of sp³-hybridized carbons (Fsp3) is 0.179. The lowest BCUT2D eigenvalue weighted by molar-refractivity contribution is -0.117. The SMILES string of the molecule is CC1=CN=C(c2ccc(-c3ccc(CC(=O)Cc4ccc(F)c(F)c4)cc3F)c3c2C(=O)NC3)C1. The second kappa shape index (κ2) is 8.98. The van der Waals surface area contributed by atoms with Crippen LogP contribution in [0, 0.1) is 17.5 Å². The highest BCUT2D eigenvalue weighted by atomic mass is 19.2. The number of allylic oxidation sites excluding steroid dienone is 1. The molecule has 5 rings (SSSR count). The van der Waals surface area contributed by atoms with Crippen molar-refractivity contribution in [3.8, 4) is 11.1 Å². The number of halogens is 3. The maximum absolute atomic E-state index is 15.2. The summed E-state index contributed by atoms with van der Waals surface area (Å²) in [7, 11) is 0. The molecule has 0 fully saturated rings. The van der Waals surface area contributed by atoms with Gasteiger partial charge in [0.15, 0.2) is 11.6 Å². The van der Waals surface area contributed by atoms with Crippen LogP contribution in [0.5, 0.6) is 0 Å². The average molecular weight is 474 g/mol. The monoisotopic (exact) mass is 474 g/mol. The van der Waals surface area contributed by atoms with E-state index in [0.29, 0.717) is 40.8 Å². The summed E-state index contributed by atoms with van der Waals surface area (Å²) in [6.07, 6.45) is 2.33. The van der Waals surface area contributed by atoms with Gasteiger partial charge in [-0.3, -0.25) is 14.6 Å². The number of nitrogens with zero attached hydrogens (tertiary/aromatic N) is 1. The third kappa shape index (κ3) is 4.41. The molecule has 0 saturated carbocycles. The van der Waals surface area contributed by atoms with Crippen LogP contribution in [-0.4, -0.2) is 17.4 Å². The van der Waals surface area contributed by atoms with Crippen molar-refractivity contribution in [1.29, 1.82) is 0 Å². The number of rotatable bonds is 6. The first-order chi connectivity index (χ1) is 16.8. The summed E-state index contributed by atoms with van der Waals surface area (Å²) < 4.78 is 41.7. The van der Waals surface area contributed by atoms with Gasteiger partial charge in [0.1, 0.15) is 11.6 Å². The first-order valence-corrected chi connectivity index (χ1v) is 11.2. The summed E-state index contributed by atoms with van der Waals surface area (Å²) in [6, 6.07) is 11.5. The van der Waals surface area contributed by atoms with Crippen LogP contribution in [0.15, 0.2) is 65.3 Å². The lowest BCUT2D eigenvalue weighted by atomic mass is 9.90. The number of nitrogens with one attached hydrogen (secondary N) is 1. The number of ketones is 1. The van der Waals surface area contributed by atoms with Crippen LogP contribution in [0.25, 0.3) is 11.1 Å². The van der Waals surface area contributed by atoms with Crippen LogP contribution >= 0.6 is 0 Å². The molecule has 3 aromatic carbocycles. The standard InChI is InChI=1S/C28H21F3N2O2/c1-15-8-26(32-13-15)21-6-5-19(22-14-33-28(35)27(21)22)20-4-2-16(11-24(20)30)9-18(34)10-17-3-7-23(29)25(31)12-17/h2-7,11-13H,8-10,14H2,1H3,(H,33,35). The van der Waals surface area contributed by atoms with E-state index < -0.39 is 17.5 Å². The second-order valence-electron chi connectivity index (χ2n) is 8.88. The second-order valence-corrected chi connectivity index (χ2v) is 8.88. The molecule has 2 heterocycles. The minimum atomic E-state index is -1.01. The normalized spacial score (nSPS) is 14.5. The van der Waals surface area contributed by atoms with Gasteiger partial charge in [-0.25, -0.2) is 13.2 Å². The van der Waals surface area contributed by atoms with E-state index in [2.05, 4.69) is 10.3 Å². The van der Waals surface area contributed by atoms with Gasteiger partial charge in [0.05, 0.1) is 11.3 Å². The molecule has 2 aliphatic rings. The maximum Gasteiger partial charge on any atom is 0.252 e. The van der Waals surface area contributed by atoms with E-state index in [1.807, 2.05) is 13.0 Å². The smallest absolute Gasteiger partial charge is 0.252 e. The molecule has 0 aliphatic carbocycles. The summed E-state index contributed by atoms with van der Waals surface area (Å²) in [6.45, 7) is 2.27. The Morgan fingerprint density at radius 3 is 2.20 bits per heavy atom. The topological polar surface area (TPSA) is 58.5 Å². The fourth-order valence-corrected chi connectivity index (χ4v) is 4.60. The first-order valence-electron chi connectivity index (χ1n) is 11.2. The summed E-state index contributed by atoms with van der Waals surface area (Å²) in [4.78, 5) is 29.4. The van der Waals surface area contributed by atoms with Crippen LogP contribution in [0.3, 0.4) is 0 Å². The zero-order valence-electron chi connectivity index (χ0n) is 18.9. The van der Waals surface area contributed by atoms with Gasteiger partial charge in [-0.05, 0) is 52.9 Å². The Labute approximate surface area is 200 Å². The van der Waals surface area contributed by atoms with Gasteiger partial charge in [-0.15, -0.1) is 0 Å². The van der Waals surface area contributed by atoms with Crippen molar-refractivity contribution in [3.63, 3.8) is 0 Å². The third-order valence-corrected chi connectivity index (χ3v) is 6.27. The zero-order valence-corrected chi connectivity index (χ0v) is 18.9. The van der Waals surface area contributed by atoms with Crippen molar-refractivity contribution in [2.24, 2.45) is 4.99 Å². The van der Waals surface area contributed by atoms with Crippen molar-refractivity contribution in [2.45, 2.75) is 32.7 Å². The Morgan fingerprint density at radius 2 is 1.54 bits per heavy atom. The van der Waals surface area contributed by atoms with E-state index in [9.17, 15) is 18.4 Å². The van der Waals surface area contributed by atoms with E-state index in [4.69, 9.17) is 0 Å². The maximum atomic E-state index is 15.2. The van der Waals surface area contributed by atoms with Gasteiger partial charge in [-0.2, -0.15) is 0 Å². The summed E-state index contributed by atoms with van der Waals surface area (Å²) >= 11 is 0. The van der Waals surface area contributed by atoms with Crippen LogP contribution < -0.4 is 5.32 Å². The molecule has 176 valence electrons. The Hall–Kier alpha value is -4.00. The van der Waals surface area contributed by atoms with E-state index in [-0.39, 0.29) is 24.5 Å². The predicted octanol–water partition coefficient (Wildman–Crippen LogP) is 5.47. The molecule has 0 radical (unpaired) electrons. The predicted molar refractivity (Wildman–Crippen MR) is 127 cm³/mol. The highest BCUT2D eigenvalue weighted by Crippen LogP contribution is 2.35. The van der Waals surface area contributed by atoms with Gasteiger partial charge in [-0.1, -0.05) is 30.3 Å². The minimum Gasteiger partial charge on any atom is -0.348 e. The summed E-state index contributed by atoms with van der Waals surface area (Å²) in [5, 5.41) is 2.83. The lowest BCUT2D eigenvalue weighted by Crippen LogP contribution is -2.15. The molecule has 2 aliphatic heterocycles. The Bertz CT molecular complexity index is 1460. The van der Waals surface area contributed by atoms with Crippen molar-refractivity contribution >= 4 is 17.4 Å². The Kier molecular flexibility index (Phi) is 5.84. The third-order valence-electron chi connectivity index (χ3n) is 6.27. The number of amides is 1. The Morgan fingerprint density at radius 1 is 0.886 bits per heavy atom. The van der Waals surface area contributed by atoms with Crippen LogP contribution in [0.4, 0.5) is 13.2 Å². The number of carbonyl (C=O) groups is 2. The van der Waals surface area contributed by atoms with Crippen molar-refractivity contribution in [3.05, 3.63) is 106 Å². The highest BCUT2D eigenvalue weighted by molar-refractivity contribution is 6.14. The van der Waals surface area contributed by atoms with E-state index >= 15 is 4.39 Å². The Balaban J connectivity index is 1.39. The molecule has 4 nitrogen and oxygen atoms in total. The molecule has 3 aromatic rings. The molecule has 0 unspecified atom stereocenters. The van der Waals surface area contributed by atoms with Crippen molar-refractivity contribution in [1.82, 2.24) is 5.32 Å². The lowest BCUT2D eigenvalue weighted by Gasteiger charge is -2.13. The molecule has 0 atom stereocenters. The molecule has 1 N–H and O–H groups in total. The van der Waals surface area contributed by atoms with Crippen molar-refractivity contribution in [2.75, 3.05) is 0 Å². The summed E-state index contributed by atoms with van der Waals surface area (Å²) in [5.74, 6) is -2.94. The van der Waals surface area contributed by atoms with Gasteiger partial charge in [0.25, 0.3) is 5.91 Å². The molecule has 0 bridgehead atoms. The molecule has 35 heavy (non-hydrogen) atoms. The fourth-order valence-electron chi connectivity index (χ4n) is 4.60. The number of hydrogen-bond acceptors (Lipinski definition) is 3. The highest BCUT2D eigenvalue weighted by Gasteiger charge is 2.29. The van der Waals surface area contributed by atoms with Crippen LogP contribution in [0.1, 0.15) is 46.0 Å². The number of aliphatic imine (C=N–C) groups is 1. The molecule has 0 aromatic heterocycles. The molecule has 0 saturated heterocycles. The largest absolute Gasteiger partial charge is 0.348 e. The van der Waals surface area contributed by atoms with E-state index in [1.165, 1.54) is 12.1 Å². The number of benzene rings is 3. The van der Waals surface area contributed by atoms with Gasteiger partial charge in [0, 0.05) is 43.1 Å². The average Bonchev–Trinajstić information content (AvgIpc) is 3.42. The number of fused-ring (bicyclic) bond motifs is 1. The minimum absolute atomic E-state index is 0.0422. The molecule has 0 spiro atoms. The van der Waals surface area contributed by atoms with Crippen LogP contribution in [0.2, 0.25) is 0 Å². The molecule has 7 heteroatoms. The quantitative estimate of drug-likeness (QED) is 0.516. The molecular weight excluding hydrogens is 453 g/mol. The zero-order chi connectivity index (χ0) is 24.7. The number of Topliss-reactive ketones (excluding diaryl/α,β-unsaturated/α-hetero) is 1. The van der Waals surface area contributed by atoms with E-state index in [0.717, 1.165) is 34.5 Å². The molecule has 1 amide bonds. The molecular formula is C28H21F3N2O2. The summed E-state index contributed by atoms with van der Waals surface area (Å²) in [5.41, 5.74) is 5.71. The van der Waals surface area contributed by atoms with Gasteiger partial charge in [0.2, 0.25) is 0 Å². The first kappa shape index (κ1) is 22.8. The van der Waals surface area contributed by atoms with Crippen LogP contribution in [-0.2, 0) is 24.2 Å². The number of hydrogen-bond donors (Lipinski definition) is 1. The van der Waals surface area contributed by atoms with Crippen molar-refractivity contribution < 1.29 is 22.8 Å². The van der Waals surface area contributed by atoms with E-state index in [1.54, 1.807) is 24.4 Å². The number of carbonyl (C=O) groups excluding carboxylic acids is 2.